The molecule has 3 aromatic rings. The zero-order chi connectivity index (χ0) is 18.5. The highest BCUT2D eigenvalue weighted by Gasteiger charge is 2.07. The second kappa shape index (κ2) is 8.19. The largest absolute Gasteiger partial charge is 0.488 e. The fourth-order valence-electron chi connectivity index (χ4n) is 3.05. The quantitative estimate of drug-likeness (QED) is 0.589. The van der Waals surface area contributed by atoms with E-state index in [1.807, 2.05) is 11.4 Å². The molecule has 4 heteroatoms. The second-order valence-corrected chi connectivity index (χ2v) is 7.39. The maximum atomic E-state index is 10.7. The Balaban J connectivity index is 1.69. The van der Waals surface area contributed by atoms with Gasteiger partial charge >= 0.3 is 5.97 Å². The molecule has 0 atom stereocenters. The van der Waals surface area contributed by atoms with Gasteiger partial charge in [-0.05, 0) is 60.2 Å². The number of aliphatic carboxylic acids is 1. The average Bonchev–Trinajstić information content (AvgIpc) is 3.06. The van der Waals surface area contributed by atoms with Crippen molar-refractivity contribution in [1.29, 1.82) is 0 Å². The van der Waals surface area contributed by atoms with Gasteiger partial charge in [-0.2, -0.15) is 0 Å². The lowest BCUT2D eigenvalue weighted by atomic mass is 9.95. The molecule has 2 aromatic carbocycles. The molecule has 134 valence electrons. The molecule has 0 spiro atoms. The van der Waals surface area contributed by atoms with Crippen LogP contribution < -0.4 is 4.74 Å². The van der Waals surface area contributed by atoms with E-state index in [9.17, 15) is 4.79 Å². The molecule has 0 aliphatic carbocycles. The molecular weight excluding hydrogens is 344 g/mol. The number of aryl methyl sites for hydroxylation is 3. The molecule has 3 rings (SSSR count). The predicted octanol–water partition coefficient (Wildman–Crippen LogP) is 5.63. The van der Waals surface area contributed by atoms with Gasteiger partial charge in [-0.3, -0.25) is 4.79 Å². The van der Waals surface area contributed by atoms with Gasteiger partial charge in [0.25, 0.3) is 0 Å². The minimum atomic E-state index is -0.774. The first-order valence-corrected chi connectivity index (χ1v) is 9.48. The zero-order valence-corrected chi connectivity index (χ0v) is 15.8. The third-order valence-electron chi connectivity index (χ3n) is 4.32. The first-order valence-electron chi connectivity index (χ1n) is 8.60. The van der Waals surface area contributed by atoms with Crippen LogP contribution in [0, 0.1) is 13.8 Å². The highest BCUT2D eigenvalue weighted by Crippen LogP contribution is 2.28. The summed E-state index contributed by atoms with van der Waals surface area (Å²) in [5.74, 6) is 0.0250. The van der Waals surface area contributed by atoms with Crippen LogP contribution in [-0.2, 0) is 17.8 Å². The van der Waals surface area contributed by atoms with Gasteiger partial charge in [0.1, 0.15) is 12.4 Å². The molecule has 1 N–H and O–H groups in total. The Kier molecular flexibility index (Phi) is 5.74. The number of carbonyl (C=O) groups is 1. The van der Waals surface area contributed by atoms with Gasteiger partial charge in [0.05, 0.1) is 6.42 Å². The monoisotopic (exact) mass is 366 g/mol. The lowest BCUT2D eigenvalue weighted by Crippen LogP contribution is -1.96. The van der Waals surface area contributed by atoms with Crippen LogP contribution in [0.15, 0.2) is 53.9 Å². The Morgan fingerprint density at radius 1 is 1.08 bits per heavy atom. The van der Waals surface area contributed by atoms with Gasteiger partial charge in [0.15, 0.2) is 0 Å². The van der Waals surface area contributed by atoms with Crippen molar-refractivity contribution in [2.24, 2.45) is 0 Å². The summed E-state index contributed by atoms with van der Waals surface area (Å²) in [5.41, 5.74) is 6.13. The van der Waals surface area contributed by atoms with Gasteiger partial charge in [-0.15, -0.1) is 11.3 Å². The molecule has 0 fully saturated rings. The van der Waals surface area contributed by atoms with Gasteiger partial charge in [-0.1, -0.05) is 36.4 Å². The van der Waals surface area contributed by atoms with Crippen LogP contribution in [-0.4, -0.2) is 11.1 Å². The fourth-order valence-corrected chi connectivity index (χ4v) is 3.86. The fraction of sp³-hybridized carbons (Fsp3) is 0.227. The van der Waals surface area contributed by atoms with Crippen molar-refractivity contribution in [1.82, 2.24) is 0 Å². The van der Waals surface area contributed by atoms with Crippen LogP contribution >= 0.6 is 11.3 Å². The summed E-state index contributed by atoms with van der Waals surface area (Å²) in [6.45, 7) is 4.76. The molecular formula is C22H22O3S. The van der Waals surface area contributed by atoms with E-state index in [0.29, 0.717) is 13.0 Å². The summed E-state index contributed by atoms with van der Waals surface area (Å²) in [6, 6.07) is 16.7. The zero-order valence-electron chi connectivity index (χ0n) is 15.0. The highest BCUT2D eigenvalue weighted by molar-refractivity contribution is 7.10. The predicted molar refractivity (Wildman–Crippen MR) is 106 cm³/mol. The second-order valence-electron chi connectivity index (χ2n) is 6.40. The Hall–Kier alpha value is -2.59. The van der Waals surface area contributed by atoms with Gasteiger partial charge in [0.2, 0.25) is 0 Å². The molecule has 3 nitrogen and oxygen atoms in total. The smallest absolute Gasteiger partial charge is 0.303 e. The molecule has 0 bridgehead atoms. The third kappa shape index (κ3) is 4.52. The molecule has 0 aliphatic rings. The molecule has 0 saturated heterocycles. The van der Waals surface area contributed by atoms with Crippen molar-refractivity contribution in [2.75, 3.05) is 0 Å². The number of thiophene rings is 1. The van der Waals surface area contributed by atoms with Crippen LogP contribution in [0.4, 0.5) is 0 Å². The van der Waals surface area contributed by atoms with Crippen LogP contribution in [0.3, 0.4) is 0 Å². The Bertz CT molecular complexity index is 891. The van der Waals surface area contributed by atoms with E-state index in [2.05, 4.69) is 56.3 Å². The Labute approximate surface area is 157 Å². The first-order chi connectivity index (χ1) is 12.5. The molecule has 0 radical (unpaired) electrons. The van der Waals surface area contributed by atoms with Crippen molar-refractivity contribution >= 4 is 17.3 Å². The molecule has 1 aromatic heterocycles. The van der Waals surface area contributed by atoms with E-state index in [0.717, 1.165) is 16.2 Å². The van der Waals surface area contributed by atoms with Crippen molar-refractivity contribution in [3.05, 3.63) is 75.5 Å². The summed E-state index contributed by atoms with van der Waals surface area (Å²) in [4.78, 5) is 11.7. The molecule has 1 heterocycles. The lowest BCUT2D eigenvalue weighted by molar-refractivity contribution is -0.136. The van der Waals surface area contributed by atoms with E-state index in [1.54, 1.807) is 11.3 Å². The first kappa shape index (κ1) is 18.2. The number of carboxylic acid groups (broad SMARTS) is 1. The van der Waals surface area contributed by atoms with Crippen LogP contribution in [0.5, 0.6) is 5.75 Å². The number of rotatable bonds is 7. The van der Waals surface area contributed by atoms with Crippen LogP contribution in [0.25, 0.3) is 11.1 Å². The number of hydrogen-bond acceptors (Lipinski definition) is 3. The van der Waals surface area contributed by atoms with E-state index in [1.165, 1.54) is 22.3 Å². The number of benzene rings is 2. The van der Waals surface area contributed by atoms with E-state index in [-0.39, 0.29) is 6.42 Å². The Morgan fingerprint density at radius 2 is 1.81 bits per heavy atom. The van der Waals surface area contributed by atoms with Gasteiger partial charge in [-0.25, -0.2) is 0 Å². The number of carboxylic acids is 1. The molecule has 0 amide bonds. The molecule has 0 saturated carbocycles. The van der Waals surface area contributed by atoms with Crippen LogP contribution in [0.1, 0.15) is 28.0 Å². The number of ether oxygens (including phenoxy) is 1. The highest BCUT2D eigenvalue weighted by atomic mass is 32.1. The standard InChI is InChI=1S/C22H22O3S/c1-15-5-3-6-16(2)22(15)18-8-4-7-17(11-18)13-25-19-12-20(26-14-19)9-10-21(23)24/h3-8,11-12,14H,9-10,13H2,1-2H3,(H,23,24). The number of hydrogen-bond donors (Lipinski definition) is 1. The van der Waals surface area contributed by atoms with Gasteiger partial charge in [0, 0.05) is 10.3 Å². The maximum Gasteiger partial charge on any atom is 0.303 e. The van der Waals surface area contributed by atoms with Crippen molar-refractivity contribution < 1.29 is 14.6 Å². The SMILES string of the molecule is Cc1cccc(C)c1-c1cccc(COc2csc(CCC(=O)O)c2)c1. The summed E-state index contributed by atoms with van der Waals surface area (Å²) in [7, 11) is 0. The molecule has 26 heavy (non-hydrogen) atoms. The average molecular weight is 366 g/mol. The van der Waals surface area contributed by atoms with E-state index < -0.39 is 5.97 Å². The normalized spacial score (nSPS) is 10.7. The summed E-state index contributed by atoms with van der Waals surface area (Å²) < 4.78 is 5.89. The summed E-state index contributed by atoms with van der Waals surface area (Å²) >= 11 is 1.54. The lowest BCUT2D eigenvalue weighted by Gasteiger charge is -2.12. The van der Waals surface area contributed by atoms with E-state index >= 15 is 0 Å². The van der Waals surface area contributed by atoms with Crippen molar-refractivity contribution in [2.45, 2.75) is 33.3 Å². The third-order valence-corrected chi connectivity index (χ3v) is 5.29. The topological polar surface area (TPSA) is 46.5 Å². The minimum absolute atomic E-state index is 0.151. The van der Waals surface area contributed by atoms with Crippen molar-refractivity contribution in [3.63, 3.8) is 0 Å². The van der Waals surface area contributed by atoms with Crippen LogP contribution in [0.2, 0.25) is 0 Å². The molecule has 0 unspecified atom stereocenters. The molecule has 0 aliphatic heterocycles. The summed E-state index contributed by atoms with van der Waals surface area (Å²) in [5, 5.41) is 10.7. The van der Waals surface area contributed by atoms with E-state index in [4.69, 9.17) is 9.84 Å². The Morgan fingerprint density at radius 3 is 2.54 bits per heavy atom. The summed E-state index contributed by atoms with van der Waals surface area (Å²) in [6.07, 6.45) is 0.698. The van der Waals surface area contributed by atoms with Crippen molar-refractivity contribution in [3.8, 4) is 16.9 Å². The maximum absolute atomic E-state index is 10.7. The van der Waals surface area contributed by atoms with Gasteiger partial charge < -0.3 is 9.84 Å². The minimum Gasteiger partial charge on any atom is -0.488 e.